The van der Waals surface area contributed by atoms with Gasteiger partial charge in [0, 0.05) is 49.5 Å². The number of fused-ring (bicyclic) bond motifs is 2. The number of alkyl halides is 18. The van der Waals surface area contributed by atoms with Crippen molar-refractivity contribution in [1.82, 2.24) is 0 Å². The molecule has 8 bridgehead atoms. The molecule has 10 fully saturated rings. The zero-order chi connectivity index (χ0) is 97.6. The van der Waals surface area contributed by atoms with Crippen molar-refractivity contribution < 1.29 is 161 Å². The van der Waals surface area contributed by atoms with Gasteiger partial charge in [0.05, 0.1) is 62.0 Å². The summed E-state index contributed by atoms with van der Waals surface area (Å²) in [6.45, 7) is 0. The molecule has 9 aromatic carbocycles. The minimum atomic E-state index is -6.29. The Bertz CT molecular complexity index is 4830. The van der Waals surface area contributed by atoms with E-state index in [4.69, 9.17) is 14.2 Å². The topological polar surface area (TPSA) is 261 Å². The second-order valence-electron chi connectivity index (χ2n) is 33.6. The third-order valence-corrected chi connectivity index (χ3v) is 31.6. The van der Waals surface area contributed by atoms with Crippen LogP contribution in [0.5, 0.6) is 0 Å². The highest BCUT2D eigenvalue weighted by molar-refractivity contribution is 7.97. The molecule has 0 aromatic heterocycles. The molecule has 10 unspecified atom stereocenters. The van der Waals surface area contributed by atoms with Gasteiger partial charge in [0.15, 0.2) is 44.1 Å². The van der Waals surface area contributed by atoms with Crippen molar-refractivity contribution in [3.63, 3.8) is 0 Å². The Morgan fingerprint density at radius 3 is 0.815 bits per heavy atom. The Hall–Kier alpha value is -11.5. The number of benzene rings is 9. The fourth-order valence-corrected chi connectivity index (χ4v) is 25.7. The van der Waals surface area contributed by atoms with Gasteiger partial charge in [-0.3, -0.25) is 24.0 Å². The molecule has 9 aromatic rings. The number of ether oxygens (including phenoxy) is 6. The van der Waals surface area contributed by atoms with Crippen LogP contribution < -0.4 is 15.3 Å². The molecule has 4 saturated heterocycles. The van der Waals surface area contributed by atoms with E-state index in [1.807, 2.05) is 0 Å². The average Bonchev–Trinajstić information content (AvgIpc) is 1.67. The Labute approximate surface area is 768 Å². The summed E-state index contributed by atoms with van der Waals surface area (Å²) in [7, 11) is -0.0439. The lowest BCUT2D eigenvalue weighted by atomic mass is 9.49. The monoisotopic (exact) mass is 1960 g/mol. The third-order valence-electron chi connectivity index (χ3n) is 24.9. The van der Waals surface area contributed by atoms with E-state index >= 15 is 0 Å². The van der Waals surface area contributed by atoms with Crippen molar-refractivity contribution in [3.05, 3.63) is 273 Å². The summed E-state index contributed by atoms with van der Waals surface area (Å²) < 4.78 is 264. The summed E-state index contributed by atoms with van der Waals surface area (Å²) >= 11 is 0. The lowest BCUT2D eigenvalue weighted by Gasteiger charge is -2.55. The Morgan fingerprint density at radius 1 is 0.311 bits per heavy atom. The molecule has 10 atom stereocenters. The number of aliphatic carboxylic acids is 3. The first kappa shape index (κ1) is 101. The maximum absolute atomic E-state index is 13.3. The highest BCUT2D eigenvalue weighted by atomic mass is 32.2. The lowest BCUT2D eigenvalue weighted by Crippen LogP contribution is -2.63. The summed E-state index contributed by atoms with van der Waals surface area (Å²) in [5.41, 5.74) is -17.0. The second-order valence-corrected chi connectivity index (χ2v) is 39.7. The summed E-state index contributed by atoms with van der Waals surface area (Å²) in [6, 6.07) is 96.5. The molecular formula is C97H82F18O17S3. The van der Waals surface area contributed by atoms with Gasteiger partial charge in [-0.25, -0.2) is 0 Å². The van der Waals surface area contributed by atoms with E-state index in [0.717, 1.165) is 19.3 Å². The van der Waals surface area contributed by atoms with Crippen molar-refractivity contribution in [2.24, 2.45) is 58.7 Å². The van der Waals surface area contributed by atoms with Gasteiger partial charge in [0.1, 0.15) is 24.2 Å². The largest absolute Gasteiger partial charge is 0.550 e. The van der Waals surface area contributed by atoms with Crippen LogP contribution in [0.3, 0.4) is 0 Å². The van der Waals surface area contributed by atoms with Crippen molar-refractivity contribution in [2.75, 3.05) is 0 Å². The van der Waals surface area contributed by atoms with E-state index in [9.17, 15) is 133 Å². The summed E-state index contributed by atoms with van der Waals surface area (Å²) in [4.78, 5) is 104. The quantitative estimate of drug-likeness (QED) is 0.0280. The van der Waals surface area contributed by atoms with Crippen LogP contribution in [0, 0.1) is 58.7 Å². The van der Waals surface area contributed by atoms with Gasteiger partial charge in [-0.2, -0.15) is 79.0 Å². The van der Waals surface area contributed by atoms with Crippen molar-refractivity contribution >= 4 is 80.4 Å². The molecule has 0 N–H and O–H groups in total. The molecule has 17 nitrogen and oxygen atoms in total. The number of hydrogen-bond donors (Lipinski definition) is 0. The number of carbonyl (C=O) groups excluding carboxylic acids is 8. The minimum absolute atomic E-state index is 0.0146. The SMILES string of the molecule is O=C([O-])CC(OC(=O)C12CC3CC(CC(C3)C1)C2)(C(F)(F)F)C(F)(F)F.O=C([O-])CC(OC(=O)C1C2CC3OC(=O)C1C3C2)(C(F)(F)F)C(F)(F)F.O=C([O-])CC(OC(=O)C1C2CC3OC(=O)C1C3O2)(C(F)(F)F)C(F)(F)F.c1ccc([S+](c2ccccc2)c2ccccc2)cc1.c1ccc([S+](c2ccccc2)c2ccccc2)cc1.c1ccc([S+](c2ccccc2)c2ccccc2)cc1. The van der Waals surface area contributed by atoms with Gasteiger partial charge in [-0.15, -0.1) is 0 Å². The van der Waals surface area contributed by atoms with Gasteiger partial charge in [0.25, 0.3) is 0 Å². The number of carbonyl (C=O) groups is 8. The molecule has 0 amide bonds. The molecule has 19 rings (SSSR count). The molecule has 4 aliphatic heterocycles. The predicted octanol–water partition coefficient (Wildman–Crippen LogP) is 17.7. The number of halogens is 18. The minimum Gasteiger partial charge on any atom is -0.550 e. The maximum atomic E-state index is 13.3. The van der Waals surface area contributed by atoms with E-state index in [-0.39, 0.29) is 89.0 Å². The number of hydrogen-bond acceptors (Lipinski definition) is 17. The second kappa shape index (κ2) is 40.8. The standard InChI is InChI=1S/3C18H15S.C16H18F6O4.C14H12F6O6.C13H10F6O7/c3*1-4-10-16(11-5-1)19(17-12-6-2-7-13-17)18-14-8-3-9-15-18;17-15(18,19)14(7-11(23)24,16(20,21)22)26-12(25)13-4-8-1-9(5-13)3-10(2-8)6-13;15-13(16,17)12(3-7(21)22,14(18,19)20)26-11(24)8-4-1-5-6(2-4)25-10(23)9(5)8;14-12(15,16)11(2-5(20)21,13(17,18)19)26-10(23)6-3-1-4-8(24-3)7(6)9(22)25-4/h3*1-15H;8-10H,1-7H2,(H,23,24);4-6,8-9H,1-3H2,(H,21,22);3-4,6-8H,1-2H2,(H,20,21)/q3*+1;;;/p-3. The molecule has 4 heterocycles. The van der Waals surface area contributed by atoms with Crippen LogP contribution in [0.15, 0.2) is 317 Å². The summed E-state index contributed by atoms with van der Waals surface area (Å²) in [5.74, 6) is -22.1. The maximum Gasteiger partial charge on any atom is 0.437 e. The van der Waals surface area contributed by atoms with E-state index in [1.165, 1.54) is 44.1 Å². The normalized spacial score (nSPS) is 23.8. The first-order valence-electron chi connectivity index (χ1n) is 42.1. The van der Waals surface area contributed by atoms with Crippen molar-refractivity contribution in [3.8, 4) is 0 Å². The van der Waals surface area contributed by atoms with Gasteiger partial charge in [-0.05, 0) is 184 Å². The number of esters is 5. The molecule has 38 heteroatoms. The van der Waals surface area contributed by atoms with Crippen molar-refractivity contribution in [2.45, 2.75) is 199 Å². The highest BCUT2D eigenvalue weighted by Crippen LogP contribution is 2.63. The van der Waals surface area contributed by atoms with Crippen LogP contribution in [-0.2, 0) is 99.5 Å². The zero-order valence-corrected chi connectivity index (χ0v) is 72.9. The molecule has 135 heavy (non-hydrogen) atoms. The highest BCUT2D eigenvalue weighted by Gasteiger charge is 2.79. The molecule has 0 radical (unpaired) electrons. The Morgan fingerprint density at radius 2 is 0.556 bits per heavy atom. The number of rotatable bonds is 21. The first-order chi connectivity index (χ1) is 63.7. The van der Waals surface area contributed by atoms with Crippen LogP contribution in [-0.4, -0.2) is 126 Å². The van der Waals surface area contributed by atoms with Gasteiger partial charge < -0.3 is 58.1 Å². The summed E-state index contributed by atoms with van der Waals surface area (Å²) in [6.07, 6.45) is -45.2. The fraction of sp³-hybridized carbons (Fsp3) is 0.361. The van der Waals surface area contributed by atoms with Crippen LogP contribution in [0.1, 0.15) is 77.0 Å². The Balaban J connectivity index is 0.000000138. The van der Waals surface area contributed by atoms with Crippen molar-refractivity contribution in [1.29, 1.82) is 0 Å². The molecular weight excluding hydrogens is 1880 g/mol. The van der Waals surface area contributed by atoms with E-state index in [1.54, 1.807) is 0 Å². The smallest absolute Gasteiger partial charge is 0.437 e. The zero-order valence-electron chi connectivity index (χ0n) is 70.4. The Kier molecular flexibility index (Phi) is 30.5. The molecule has 6 aliphatic carbocycles. The predicted molar refractivity (Wildman–Crippen MR) is 440 cm³/mol. The van der Waals surface area contributed by atoms with Crippen LogP contribution in [0.4, 0.5) is 79.0 Å². The fourth-order valence-electron chi connectivity index (χ4n) is 19.4. The first-order valence-corrected chi connectivity index (χ1v) is 45.8. The molecule has 10 aliphatic rings. The summed E-state index contributed by atoms with van der Waals surface area (Å²) in [5, 5.41) is 31.7. The lowest BCUT2D eigenvalue weighted by molar-refractivity contribution is -0.383. The average molecular weight is 1960 g/mol. The van der Waals surface area contributed by atoms with Gasteiger partial charge >= 0.3 is 83.7 Å². The van der Waals surface area contributed by atoms with E-state index in [2.05, 4.69) is 287 Å². The number of carboxylic acids is 3. The number of carboxylic acid groups (broad SMARTS) is 3. The molecule has 6 saturated carbocycles. The van der Waals surface area contributed by atoms with E-state index in [0.29, 0.717) is 0 Å². The van der Waals surface area contributed by atoms with Crippen LogP contribution in [0.25, 0.3) is 0 Å². The van der Waals surface area contributed by atoms with Crippen LogP contribution >= 0.6 is 0 Å². The third kappa shape index (κ3) is 21.8. The van der Waals surface area contributed by atoms with Crippen LogP contribution in [0.2, 0.25) is 0 Å². The molecule has 0 spiro atoms. The van der Waals surface area contributed by atoms with E-state index < -0.39 is 186 Å². The van der Waals surface area contributed by atoms with Gasteiger partial charge in [0.2, 0.25) is 0 Å². The van der Waals surface area contributed by atoms with Gasteiger partial charge in [-0.1, -0.05) is 164 Å². The molecule has 716 valence electrons.